The van der Waals surface area contributed by atoms with Gasteiger partial charge in [0.05, 0.1) is 37.5 Å². The average molecular weight is 423 g/mol. The predicted octanol–water partition coefficient (Wildman–Crippen LogP) is 3.14. The van der Waals surface area contributed by atoms with Gasteiger partial charge in [0.1, 0.15) is 23.9 Å². The third-order valence-electron chi connectivity index (χ3n) is 5.44. The van der Waals surface area contributed by atoms with Crippen LogP contribution >= 0.6 is 0 Å². The monoisotopic (exact) mass is 423 g/mol. The van der Waals surface area contributed by atoms with Gasteiger partial charge in [-0.25, -0.2) is 4.98 Å². The first-order chi connectivity index (χ1) is 15.0. The SMILES string of the molecule is CCOC(=O)Cn1c(C2CC(=O)N(c3cc(OC)ccc3OC)C2)nc2ccccc21. The third-order valence-corrected chi connectivity index (χ3v) is 5.44. The van der Waals surface area contributed by atoms with Gasteiger partial charge in [-0.1, -0.05) is 12.1 Å². The molecule has 1 fully saturated rings. The van der Waals surface area contributed by atoms with Crippen molar-refractivity contribution in [1.82, 2.24) is 9.55 Å². The number of carbonyl (C=O) groups excluding carboxylic acids is 2. The molecule has 1 aliphatic heterocycles. The van der Waals surface area contributed by atoms with Crippen molar-refractivity contribution in [1.29, 1.82) is 0 Å². The zero-order valence-corrected chi connectivity index (χ0v) is 17.8. The summed E-state index contributed by atoms with van der Waals surface area (Å²) >= 11 is 0. The Bertz CT molecular complexity index is 1120. The number of amides is 1. The number of anilines is 1. The third kappa shape index (κ3) is 3.93. The Morgan fingerprint density at radius 3 is 2.71 bits per heavy atom. The molecule has 8 heteroatoms. The van der Waals surface area contributed by atoms with Crippen LogP contribution in [0.3, 0.4) is 0 Å². The second kappa shape index (κ2) is 8.67. The molecule has 2 heterocycles. The molecule has 0 saturated carbocycles. The normalized spacial score (nSPS) is 16.0. The van der Waals surface area contributed by atoms with Crippen LogP contribution in [0.4, 0.5) is 5.69 Å². The number of hydrogen-bond donors (Lipinski definition) is 0. The molecular formula is C23H25N3O5. The van der Waals surface area contributed by atoms with E-state index in [1.807, 2.05) is 28.8 Å². The highest BCUT2D eigenvalue weighted by atomic mass is 16.5. The molecule has 162 valence electrons. The maximum atomic E-state index is 13.0. The lowest BCUT2D eigenvalue weighted by Crippen LogP contribution is -2.25. The summed E-state index contributed by atoms with van der Waals surface area (Å²) in [6, 6.07) is 13.0. The summed E-state index contributed by atoms with van der Waals surface area (Å²) in [5.74, 6) is 1.39. The fraction of sp³-hybridized carbons (Fsp3) is 0.348. The van der Waals surface area contributed by atoms with Crippen molar-refractivity contribution in [2.45, 2.75) is 25.8 Å². The van der Waals surface area contributed by atoms with Crippen LogP contribution in [0.25, 0.3) is 11.0 Å². The Morgan fingerprint density at radius 1 is 1.16 bits per heavy atom. The lowest BCUT2D eigenvalue weighted by atomic mass is 10.1. The van der Waals surface area contributed by atoms with Gasteiger partial charge in [0.2, 0.25) is 5.91 Å². The second-order valence-electron chi connectivity index (χ2n) is 7.29. The minimum atomic E-state index is -0.331. The van der Waals surface area contributed by atoms with E-state index in [-0.39, 0.29) is 30.8 Å². The van der Waals surface area contributed by atoms with Gasteiger partial charge in [0.15, 0.2) is 0 Å². The van der Waals surface area contributed by atoms with E-state index in [9.17, 15) is 9.59 Å². The number of methoxy groups -OCH3 is 2. The predicted molar refractivity (Wildman–Crippen MR) is 116 cm³/mol. The van der Waals surface area contributed by atoms with Gasteiger partial charge in [0, 0.05) is 24.9 Å². The molecule has 1 amide bonds. The maximum absolute atomic E-state index is 13.0. The molecule has 1 aliphatic rings. The number of ether oxygens (including phenoxy) is 3. The summed E-state index contributed by atoms with van der Waals surface area (Å²) in [4.78, 5) is 31.7. The molecule has 2 aromatic carbocycles. The van der Waals surface area contributed by atoms with Crippen LogP contribution in [0.5, 0.6) is 11.5 Å². The van der Waals surface area contributed by atoms with Crippen molar-refractivity contribution in [3.63, 3.8) is 0 Å². The maximum Gasteiger partial charge on any atom is 0.326 e. The summed E-state index contributed by atoms with van der Waals surface area (Å²) in [5, 5.41) is 0. The van der Waals surface area contributed by atoms with Crippen LogP contribution in [0.1, 0.15) is 25.1 Å². The summed E-state index contributed by atoms with van der Waals surface area (Å²) < 4.78 is 17.8. The molecule has 0 radical (unpaired) electrons. The Labute approximate surface area is 180 Å². The molecule has 1 aromatic heterocycles. The van der Waals surface area contributed by atoms with Gasteiger partial charge >= 0.3 is 5.97 Å². The number of imidazole rings is 1. The minimum absolute atomic E-state index is 0.0358. The first kappa shape index (κ1) is 20.7. The fourth-order valence-electron chi connectivity index (χ4n) is 4.03. The number of nitrogens with zero attached hydrogens (tertiary/aromatic N) is 3. The molecule has 8 nitrogen and oxygen atoms in total. The molecule has 1 atom stereocenters. The van der Waals surface area contributed by atoms with Gasteiger partial charge in [-0.3, -0.25) is 9.59 Å². The quantitative estimate of drug-likeness (QED) is 0.543. The summed E-state index contributed by atoms with van der Waals surface area (Å²) in [5.41, 5.74) is 2.28. The number of aromatic nitrogens is 2. The van der Waals surface area contributed by atoms with Gasteiger partial charge in [-0.15, -0.1) is 0 Å². The fourth-order valence-corrected chi connectivity index (χ4v) is 4.03. The Hall–Kier alpha value is -3.55. The molecule has 0 bridgehead atoms. The highest BCUT2D eigenvalue weighted by molar-refractivity contribution is 5.98. The Morgan fingerprint density at radius 2 is 1.97 bits per heavy atom. The van der Waals surface area contributed by atoms with E-state index in [1.165, 1.54) is 0 Å². The van der Waals surface area contributed by atoms with Crippen LogP contribution in [-0.2, 0) is 20.9 Å². The highest BCUT2D eigenvalue weighted by Crippen LogP contribution is 2.39. The van der Waals surface area contributed by atoms with Crippen LogP contribution in [0.2, 0.25) is 0 Å². The van der Waals surface area contributed by atoms with Crippen molar-refractivity contribution in [3.05, 3.63) is 48.3 Å². The standard InChI is InChI=1S/C23H25N3O5/c1-4-31-22(28)14-26-18-8-6-5-7-17(18)24-23(26)15-11-21(27)25(13-15)19-12-16(29-2)9-10-20(19)30-3/h5-10,12,15H,4,11,13-14H2,1-3H3. The van der Waals surface area contributed by atoms with Gasteiger partial charge in [0.25, 0.3) is 0 Å². The molecule has 3 aromatic rings. The average Bonchev–Trinajstić information content (AvgIpc) is 3.34. The summed E-state index contributed by atoms with van der Waals surface area (Å²) in [6.07, 6.45) is 0.284. The summed E-state index contributed by atoms with van der Waals surface area (Å²) in [6.45, 7) is 2.57. The van der Waals surface area contributed by atoms with Gasteiger partial charge in [-0.05, 0) is 31.2 Å². The van der Waals surface area contributed by atoms with E-state index in [1.54, 1.807) is 44.2 Å². The van der Waals surface area contributed by atoms with Crippen molar-refractivity contribution in [3.8, 4) is 11.5 Å². The molecule has 1 unspecified atom stereocenters. The lowest BCUT2D eigenvalue weighted by molar-refractivity contribution is -0.143. The van der Waals surface area contributed by atoms with Crippen LogP contribution < -0.4 is 14.4 Å². The van der Waals surface area contributed by atoms with E-state index in [4.69, 9.17) is 19.2 Å². The van der Waals surface area contributed by atoms with E-state index in [0.717, 1.165) is 11.0 Å². The minimum Gasteiger partial charge on any atom is -0.497 e. The smallest absolute Gasteiger partial charge is 0.326 e. The van der Waals surface area contributed by atoms with E-state index < -0.39 is 0 Å². The van der Waals surface area contributed by atoms with E-state index in [0.29, 0.717) is 36.2 Å². The lowest BCUT2D eigenvalue weighted by Gasteiger charge is -2.20. The van der Waals surface area contributed by atoms with Gasteiger partial charge < -0.3 is 23.7 Å². The van der Waals surface area contributed by atoms with E-state index in [2.05, 4.69) is 0 Å². The van der Waals surface area contributed by atoms with Crippen molar-refractivity contribution in [2.75, 3.05) is 32.3 Å². The molecule has 31 heavy (non-hydrogen) atoms. The first-order valence-electron chi connectivity index (χ1n) is 10.2. The van der Waals surface area contributed by atoms with Crippen molar-refractivity contribution < 1.29 is 23.8 Å². The van der Waals surface area contributed by atoms with Gasteiger partial charge in [-0.2, -0.15) is 0 Å². The Balaban J connectivity index is 1.70. The highest BCUT2D eigenvalue weighted by Gasteiger charge is 2.36. The van der Waals surface area contributed by atoms with E-state index >= 15 is 0 Å². The molecular weight excluding hydrogens is 398 g/mol. The van der Waals surface area contributed by atoms with Crippen molar-refractivity contribution >= 4 is 28.6 Å². The molecule has 0 N–H and O–H groups in total. The molecule has 0 spiro atoms. The number of hydrogen-bond acceptors (Lipinski definition) is 6. The summed E-state index contributed by atoms with van der Waals surface area (Å²) in [7, 11) is 3.15. The number of fused-ring (bicyclic) bond motifs is 1. The number of benzene rings is 2. The zero-order valence-electron chi connectivity index (χ0n) is 17.8. The van der Waals surface area contributed by atoms with Crippen molar-refractivity contribution in [2.24, 2.45) is 0 Å². The molecule has 4 rings (SSSR count). The molecule has 1 saturated heterocycles. The second-order valence-corrected chi connectivity index (χ2v) is 7.29. The van der Waals surface area contributed by atoms with Crippen LogP contribution in [0, 0.1) is 0 Å². The van der Waals surface area contributed by atoms with Crippen LogP contribution in [-0.4, -0.2) is 48.8 Å². The zero-order chi connectivity index (χ0) is 22.0. The largest absolute Gasteiger partial charge is 0.497 e. The topological polar surface area (TPSA) is 82.9 Å². The Kier molecular flexibility index (Phi) is 5.79. The molecule has 0 aliphatic carbocycles. The number of carbonyl (C=O) groups is 2. The van der Waals surface area contributed by atoms with Crippen LogP contribution in [0.15, 0.2) is 42.5 Å². The number of para-hydroxylation sites is 2. The number of esters is 1. The first-order valence-corrected chi connectivity index (χ1v) is 10.2. The number of rotatable bonds is 7.